The van der Waals surface area contributed by atoms with Crippen molar-refractivity contribution in [1.29, 1.82) is 0 Å². The second kappa shape index (κ2) is 4.59. The van der Waals surface area contributed by atoms with Gasteiger partial charge in [-0.15, -0.1) is 5.10 Å². The van der Waals surface area contributed by atoms with Crippen molar-refractivity contribution in [2.45, 2.75) is 0 Å². The first kappa shape index (κ1) is 11.9. The number of methoxy groups -OCH3 is 1. The van der Waals surface area contributed by atoms with Crippen molar-refractivity contribution in [2.24, 2.45) is 0 Å². The van der Waals surface area contributed by atoms with Gasteiger partial charge in [0.2, 0.25) is 0 Å². The minimum atomic E-state index is 0.827. The van der Waals surface area contributed by atoms with Crippen molar-refractivity contribution < 1.29 is 4.74 Å². The van der Waals surface area contributed by atoms with Crippen LogP contribution >= 0.6 is 0 Å². The molecule has 0 saturated heterocycles. The van der Waals surface area contributed by atoms with Gasteiger partial charge in [0.15, 0.2) is 0 Å². The smallest absolute Gasteiger partial charge is 0.119 e. The highest BCUT2D eigenvalue weighted by Gasteiger charge is 2.08. The van der Waals surface area contributed by atoms with E-state index in [4.69, 9.17) is 4.74 Å². The first-order chi connectivity index (χ1) is 10.3. The van der Waals surface area contributed by atoms with E-state index in [1.165, 1.54) is 10.8 Å². The molecule has 0 N–H and O–H groups in total. The largest absolute Gasteiger partial charge is 0.497 e. The molecule has 0 aliphatic carbocycles. The Kier molecular flexibility index (Phi) is 2.60. The summed E-state index contributed by atoms with van der Waals surface area (Å²) in [7, 11) is 1.66. The highest BCUT2D eigenvalue weighted by Crippen LogP contribution is 2.24. The number of ether oxygens (including phenoxy) is 1. The lowest BCUT2D eigenvalue weighted by atomic mass is 10.1. The number of aromatic nitrogens is 3. The number of nitrogens with zero attached hydrogens (tertiary/aromatic N) is 3. The molecule has 0 aliphatic rings. The molecule has 4 aromatic rings. The van der Waals surface area contributed by atoms with E-state index < -0.39 is 0 Å². The lowest BCUT2D eigenvalue weighted by Gasteiger charge is -2.04. The molecule has 0 unspecified atom stereocenters. The van der Waals surface area contributed by atoms with Crippen LogP contribution in [0.5, 0.6) is 5.75 Å². The number of fused-ring (bicyclic) bond motifs is 2. The second-order valence-corrected chi connectivity index (χ2v) is 4.89. The molecule has 0 radical (unpaired) electrons. The zero-order chi connectivity index (χ0) is 14.2. The van der Waals surface area contributed by atoms with Crippen LogP contribution in [0.3, 0.4) is 0 Å². The van der Waals surface area contributed by atoms with Crippen LogP contribution in [0.2, 0.25) is 0 Å². The average molecular weight is 275 g/mol. The normalized spacial score (nSPS) is 11.1. The third-order valence-electron chi connectivity index (χ3n) is 3.63. The Morgan fingerprint density at radius 2 is 1.62 bits per heavy atom. The Morgan fingerprint density at radius 3 is 2.33 bits per heavy atom. The summed E-state index contributed by atoms with van der Waals surface area (Å²) < 4.78 is 7.03. The van der Waals surface area contributed by atoms with Crippen LogP contribution in [-0.4, -0.2) is 22.1 Å². The van der Waals surface area contributed by atoms with Gasteiger partial charge >= 0.3 is 0 Å². The van der Waals surface area contributed by atoms with Crippen molar-refractivity contribution in [2.75, 3.05) is 7.11 Å². The fraction of sp³-hybridized carbons (Fsp3) is 0.0588. The van der Waals surface area contributed by atoms with Gasteiger partial charge in [-0.2, -0.15) is 0 Å². The summed E-state index contributed by atoms with van der Waals surface area (Å²) in [5.74, 6) is 0.827. The lowest BCUT2D eigenvalue weighted by Crippen LogP contribution is -1.96. The first-order valence-electron chi connectivity index (χ1n) is 6.74. The summed E-state index contributed by atoms with van der Waals surface area (Å²) in [6.45, 7) is 0. The molecule has 0 amide bonds. The Bertz CT molecular complexity index is 926. The van der Waals surface area contributed by atoms with Crippen molar-refractivity contribution >= 4 is 21.8 Å². The number of rotatable bonds is 2. The van der Waals surface area contributed by atoms with Crippen LogP contribution in [0.15, 0.2) is 60.7 Å². The molecule has 0 bridgehead atoms. The first-order valence-corrected chi connectivity index (χ1v) is 6.74. The van der Waals surface area contributed by atoms with E-state index in [1.54, 1.807) is 7.11 Å². The molecular formula is C17H13N3O. The fourth-order valence-electron chi connectivity index (χ4n) is 2.52. The van der Waals surface area contributed by atoms with Crippen LogP contribution in [-0.2, 0) is 0 Å². The zero-order valence-corrected chi connectivity index (χ0v) is 11.5. The molecule has 1 aromatic heterocycles. The van der Waals surface area contributed by atoms with Crippen LogP contribution in [0.25, 0.3) is 27.5 Å². The predicted octanol–water partition coefficient (Wildman–Crippen LogP) is 3.58. The van der Waals surface area contributed by atoms with E-state index in [2.05, 4.69) is 34.6 Å². The lowest BCUT2D eigenvalue weighted by molar-refractivity contribution is 0.414. The minimum Gasteiger partial charge on any atom is -0.497 e. The van der Waals surface area contributed by atoms with Gasteiger partial charge in [-0.05, 0) is 47.2 Å². The number of hydrogen-bond donors (Lipinski definition) is 0. The van der Waals surface area contributed by atoms with Crippen molar-refractivity contribution in [3.63, 3.8) is 0 Å². The quantitative estimate of drug-likeness (QED) is 0.561. The standard InChI is InChI=1S/C17H13N3O/c1-21-15-8-6-14(7-9-15)20-17-11-13-5-3-2-4-12(13)10-16(17)18-19-20/h2-11H,1H3. The van der Waals surface area contributed by atoms with Crippen LogP contribution in [0, 0.1) is 0 Å². The van der Waals surface area contributed by atoms with Gasteiger partial charge in [-0.3, -0.25) is 0 Å². The SMILES string of the molecule is COc1ccc(-n2nnc3cc4ccccc4cc32)cc1. The molecule has 3 aromatic carbocycles. The summed E-state index contributed by atoms with van der Waals surface area (Å²) in [6, 6.07) is 20.2. The highest BCUT2D eigenvalue weighted by molar-refractivity contribution is 5.95. The van der Waals surface area contributed by atoms with E-state index in [0.29, 0.717) is 0 Å². The molecule has 4 heteroatoms. The van der Waals surface area contributed by atoms with E-state index in [9.17, 15) is 0 Å². The van der Waals surface area contributed by atoms with Gasteiger partial charge in [-0.25, -0.2) is 4.68 Å². The van der Waals surface area contributed by atoms with Crippen LogP contribution in [0.4, 0.5) is 0 Å². The van der Waals surface area contributed by atoms with E-state index >= 15 is 0 Å². The molecule has 0 fully saturated rings. The molecule has 0 saturated carbocycles. The second-order valence-electron chi connectivity index (χ2n) is 4.89. The van der Waals surface area contributed by atoms with E-state index in [1.807, 2.05) is 41.1 Å². The van der Waals surface area contributed by atoms with Crippen LogP contribution in [0.1, 0.15) is 0 Å². The number of hydrogen-bond acceptors (Lipinski definition) is 3. The van der Waals surface area contributed by atoms with Crippen molar-refractivity contribution in [3.8, 4) is 11.4 Å². The predicted molar refractivity (Wildman–Crippen MR) is 82.9 cm³/mol. The summed E-state index contributed by atoms with van der Waals surface area (Å²) >= 11 is 0. The van der Waals surface area contributed by atoms with Gasteiger partial charge in [-0.1, -0.05) is 29.5 Å². The Hall–Kier alpha value is -2.88. The average Bonchev–Trinajstić information content (AvgIpc) is 2.95. The van der Waals surface area contributed by atoms with Gasteiger partial charge in [0.1, 0.15) is 11.3 Å². The van der Waals surface area contributed by atoms with E-state index in [-0.39, 0.29) is 0 Å². The molecule has 0 atom stereocenters. The van der Waals surface area contributed by atoms with Gasteiger partial charge < -0.3 is 4.74 Å². The Labute approximate surface area is 121 Å². The minimum absolute atomic E-state index is 0.827. The third kappa shape index (κ3) is 1.92. The summed E-state index contributed by atoms with van der Waals surface area (Å²) in [4.78, 5) is 0. The van der Waals surface area contributed by atoms with Crippen molar-refractivity contribution in [3.05, 3.63) is 60.7 Å². The highest BCUT2D eigenvalue weighted by atomic mass is 16.5. The summed E-state index contributed by atoms with van der Waals surface area (Å²) in [6.07, 6.45) is 0. The van der Waals surface area contributed by atoms with Gasteiger partial charge in [0, 0.05) is 0 Å². The fourth-order valence-corrected chi connectivity index (χ4v) is 2.52. The summed E-state index contributed by atoms with van der Waals surface area (Å²) in [5, 5.41) is 10.9. The van der Waals surface area contributed by atoms with Crippen LogP contribution < -0.4 is 4.74 Å². The molecule has 102 valence electrons. The Morgan fingerprint density at radius 1 is 0.905 bits per heavy atom. The van der Waals surface area contributed by atoms with Gasteiger partial charge in [0.05, 0.1) is 18.3 Å². The molecule has 0 aliphatic heterocycles. The third-order valence-corrected chi connectivity index (χ3v) is 3.63. The maximum absolute atomic E-state index is 5.19. The van der Waals surface area contributed by atoms with Crippen molar-refractivity contribution in [1.82, 2.24) is 15.0 Å². The molecule has 1 heterocycles. The summed E-state index contributed by atoms with van der Waals surface area (Å²) in [5.41, 5.74) is 2.86. The van der Waals surface area contributed by atoms with E-state index in [0.717, 1.165) is 22.5 Å². The maximum Gasteiger partial charge on any atom is 0.119 e. The molecule has 21 heavy (non-hydrogen) atoms. The molecule has 4 nitrogen and oxygen atoms in total. The monoisotopic (exact) mass is 275 g/mol. The molecule has 0 spiro atoms. The topological polar surface area (TPSA) is 39.9 Å². The molecule has 4 rings (SSSR count). The molecular weight excluding hydrogens is 262 g/mol. The Balaban J connectivity index is 1.93. The van der Waals surface area contributed by atoms with Gasteiger partial charge in [0.25, 0.3) is 0 Å². The number of benzene rings is 3. The maximum atomic E-state index is 5.19. The zero-order valence-electron chi connectivity index (χ0n) is 11.5.